The Hall–Kier alpha value is -1.31. The van der Waals surface area contributed by atoms with Gasteiger partial charge in [-0.3, -0.25) is 0 Å². The van der Waals surface area contributed by atoms with Crippen molar-refractivity contribution in [3.63, 3.8) is 0 Å². The van der Waals surface area contributed by atoms with Crippen LogP contribution >= 0.6 is 0 Å². The van der Waals surface area contributed by atoms with Crippen LogP contribution in [0, 0.1) is 0 Å². The predicted octanol–water partition coefficient (Wildman–Crippen LogP) is 1.58. The molecular weight excluding hydrogens is 291 g/mol. The van der Waals surface area contributed by atoms with Gasteiger partial charge >= 0.3 is 18.9 Å². The number of hydrogen-bond acceptors (Lipinski definition) is 1. The predicted molar refractivity (Wildman–Crippen MR) is 92.8 cm³/mol. The van der Waals surface area contributed by atoms with Crippen LogP contribution in [0.25, 0.3) is 12.2 Å². The van der Waals surface area contributed by atoms with Crippen LogP contribution in [0.4, 0.5) is 0 Å². The number of hydrogen-bond donors (Lipinski definition) is 0. The molecule has 0 bridgehead atoms. The topological polar surface area (TPSA) is 9.23 Å². The first-order chi connectivity index (χ1) is 10.9. The molecule has 0 aromatic heterocycles. The zero-order valence-corrected chi connectivity index (χ0v) is 14.3. The Morgan fingerprint density at radius 1 is 0.913 bits per heavy atom. The molecule has 0 N–H and O–H groups in total. The zero-order chi connectivity index (χ0) is 14.9. The molecule has 0 aliphatic heterocycles. The van der Waals surface area contributed by atoms with Gasteiger partial charge in [0, 0.05) is 11.8 Å². The number of allylic oxidation sites excluding steroid dienone is 1. The van der Waals surface area contributed by atoms with E-state index in [2.05, 4.69) is 83.3 Å². The van der Waals surface area contributed by atoms with Gasteiger partial charge < -0.3 is 5.85 Å². The maximum absolute atomic E-state index is 5.69. The van der Waals surface area contributed by atoms with Gasteiger partial charge in [-0.2, -0.15) is 0 Å². The van der Waals surface area contributed by atoms with E-state index in [0.29, 0.717) is 11.8 Å². The maximum Gasteiger partial charge on any atom is 1.00 e. The third-order valence-electron chi connectivity index (χ3n) is 4.78. The summed E-state index contributed by atoms with van der Waals surface area (Å²) in [5, 5.41) is 0. The van der Waals surface area contributed by atoms with E-state index >= 15 is 0 Å². The van der Waals surface area contributed by atoms with E-state index in [9.17, 15) is 0 Å². The zero-order valence-electron chi connectivity index (χ0n) is 14.3. The van der Waals surface area contributed by atoms with Crippen LogP contribution in [0.15, 0.2) is 60.7 Å². The Morgan fingerprint density at radius 3 is 2.26 bits per heavy atom. The molecule has 3 heteroatoms. The average Bonchev–Trinajstić information content (AvgIpc) is 3.17. The Balaban J connectivity index is 0.00000104. The molecule has 109 valence electrons. The summed E-state index contributed by atoms with van der Waals surface area (Å²) >= 11 is 0. The molecule has 0 fully saturated rings. The van der Waals surface area contributed by atoms with Crippen molar-refractivity contribution in [3.05, 3.63) is 82.9 Å². The first-order valence-electron chi connectivity index (χ1n) is 7.73. The monoisotopic (exact) mass is 309 g/mol. The minimum absolute atomic E-state index is 0. The van der Waals surface area contributed by atoms with Gasteiger partial charge in [-0.1, -0.05) is 72.8 Å². The van der Waals surface area contributed by atoms with Gasteiger partial charge in [0.25, 0.3) is 0 Å². The second-order valence-electron chi connectivity index (χ2n) is 6.00. The summed E-state index contributed by atoms with van der Waals surface area (Å²) < 4.78 is 5.69. The van der Waals surface area contributed by atoms with Gasteiger partial charge in [-0.05, 0) is 28.7 Å². The largest absolute Gasteiger partial charge is 1.00 e. The fraction of sp³-hybridized carbons (Fsp3) is 0.200. The fourth-order valence-corrected chi connectivity index (χ4v) is 3.89. The van der Waals surface area contributed by atoms with Crippen LogP contribution in [0.5, 0.6) is 0 Å². The Labute approximate surface area is 154 Å². The summed E-state index contributed by atoms with van der Waals surface area (Å²) in [5.74, 6) is 0.744. The van der Waals surface area contributed by atoms with Crippen LogP contribution in [0.1, 0.15) is 41.9 Å². The van der Waals surface area contributed by atoms with Crippen LogP contribution in [-0.2, 0) is 4.43 Å². The molecule has 0 amide bonds. The fourth-order valence-electron chi connectivity index (χ4n) is 3.65. The Morgan fingerprint density at radius 2 is 1.52 bits per heavy atom. The molecule has 4 rings (SSSR count). The SMILES string of the molecule is [H-].[Li+].[Si]OC(CC1C=Cc2ccccc21)C1C=Cc2ccccc21. The van der Waals surface area contributed by atoms with E-state index < -0.39 is 0 Å². The number of benzene rings is 2. The molecule has 0 saturated heterocycles. The van der Waals surface area contributed by atoms with Gasteiger partial charge in [-0.25, -0.2) is 0 Å². The van der Waals surface area contributed by atoms with E-state index in [1.807, 2.05) is 0 Å². The van der Waals surface area contributed by atoms with Crippen molar-refractivity contribution >= 4 is 22.6 Å². The van der Waals surface area contributed by atoms with Crippen LogP contribution < -0.4 is 18.9 Å². The third-order valence-corrected chi connectivity index (χ3v) is 5.08. The molecule has 1 nitrogen and oxygen atoms in total. The molecule has 3 atom stereocenters. The standard InChI is InChI=1S/C20H17OSi.Li.H/c22-21-20(19-12-11-15-6-2-4-8-18(15)19)13-16-10-9-14-5-1-3-7-17(14)16;;/h1-12,16,19-20H,13H2;;/q;+1;-1. The molecule has 2 aromatic rings. The normalized spacial score (nSPS) is 21.6. The van der Waals surface area contributed by atoms with E-state index in [1.54, 1.807) is 0 Å². The molecule has 2 aliphatic carbocycles. The van der Waals surface area contributed by atoms with Crippen molar-refractivity contribution in [3.8, 4) is 0 Å². The van der Waals surface area contributed by atoms with Crippen LogP contribution in [0.3, 0.4) is 0 Å². The second-order valence-corrected chi connectivity index (χ2v) is 6.24. The number of fused-ring (bicyclic) bond motifs is 2. The molecule has 3 unspecified atom stereocenters. The van der Waals surface area contributed by atoms with Crippen molar-refractivity contribution in [2.45, 2.75) is 24.4 Å². The maximum atomic E-state index is 5.69. The summed E-state index contributed by atoms with van der Waals surface area (Å²) in [4.78, 5) is 0. The molecule has 0 spiro atoms. The molecule has 2 aliphatic rings. The van der Waals surface area contributed by atoms with Crippen LogP contribution in [0.2, 0.25) is 0 Å². The quantitative estimate of drug-likeness (QED) is 0.779. The van der Waals surface area contributed by atoms with Crippen molar-refractivity contribution in [1.29, 1.82) is 0 Å². The third kappa shape index (κ3) is 3.05. The minimum Gasteiger partial charge on any atom is -1.00 e. The van der Waals surface area contributed by atoms with E-state index in [-0.39, 0.29) is 26.4 Å². The Kier molecular flexibility index (Phi) is 5.09. The molecule has 2 aromatic carbocycles. The first kappa shape index (κ1) is 16.5. The molecule has 23 heavy (non-hydrogen) atoms. The summed E-state index contributed by atoms with van der Waals surface area (Å²) in [5.41, 5.74) is 5.42. The van der Waals surface area contributed by atoms with E-state index in [0.717, 1.165) is 6.42 Å². The second kappa shape index (κ2) is 7.07. The van der Waals surface area contributed by atoms with Crippen molar-refractivity contribution in [1.82, 2.24) is 0 Å². The van der Waals surface area contributed by atoms with Gasteiger partial charge in [0.1, 0.15) is 0 Å². The summed E-state index contributed by atoms with van der Waals surface area (Å²) in [7, 11) is 3.32. The van der Waals surface area contributed by atoms with Crippen molar-refractivity contribution < 1.29 is 24.7 Å². The van der Waals surface area contributed by atoms with Gasteiger partial charge in [0.2, 0.25) is 10.5 Å². The smallest absolute Gasteiger partial charge is 1.00 e. The first-order valence-corrected chi connectivity index (χ1v) is 8.14. The van der Waals surface area contributed by atoms with Crippen molar-refractivity contribution in [2.75, 3.05) is 0 Å². The minimum atomic E-state index is 0. The van der Waals surface area contributed by atoms with Gasteiger partial charge in [0.05, 0.1) is 6.10 Å². The molecule has 0 saturated carbocycles. The summed E-state index contributed by atoms with van der Waals surface area (Å²) in [6.45, 7) is 0. The van der Waals surface area contributed by atoms with Crippen molar-refractivity contribution in [2.24, 2.45) is 0 Å². The summed E-state index contributed by atoms with van der Waals surface area (Å²) in [6.07, 6.45) is 10.1. The van der Waals surface area contributed by atoms with E-state index in [1.165, 1.54) is 22.3 Å². The Bertz CT molecular complexity index is 759. The van der Waals surface area contributed by atoms with Crippen LogP contribution in [-0.4, -0.2) is 16.6 Å². The summed E-state index contributed by atoms with van der Waals surface area (Å²) in [6, 6.07) is 17.2. The van der Waals surface area contributed by atoms with Gasteiger partial charge in [0.15, 0.2) is 0 Å². The average molecular weight is 309 g/mol. The number of rotatable bonds is 4. The molecule has 3 radical (unpaired) electrons. The van der Waals surface area contributed by atoms with E-state index in [4.69, 9.17) is 4.43 Å². The molecule has 0 heterocycles. The molecular formula is C20H18LiOSi. The van der Waals surface area contributed by atoms with Gasteiger partial charge in [-0.15, -0.1) is 0 Å².